The summed E-state index contributed by atoms with van der Waals surface area (Å²) in [4.78, 5) is 11.2. The molecular weight excluding hydrogens is 326 g/mol. The first kappa shape index (κ1) is 15.1. The van der Waals surface area contributed by atoms with Gasteiger partial charge in [0.2, 0.25) is 6.79 Å². The number of ether oxygens (including phenoxy) is 2. The molecule has 1 aliphatic rings. The normalized spacial score (nSPS) is 14.6. The zero-order valence-corrected chi connectivity index (χ0v) is 13.1. The average molecular weight is 344 g/mol. The van der Waals surface area contributed by atoms with Gasteiger partial charge in [-0.1, -0.05) is 13.8 Å². The van der Waals surface area contributed by atoms with E-state index >= 15 is 0 Å². The second-order valence-corrected chi connectivity index (χ2v) is 6.07. The van der Waals surface area contributed by atoms with Gasteiger partial charge in [-0.05, 0) is 46.0 Å². The van der Waals surface area contributed by atoms with Crippen molar-refractivity contribution in [2.75, 3.05) is 6.79 Å². The number of carbonyl (C=O) groups is 1. The molecule has 5 nitrogen and oxygen atoms in total. The second-order valence-electron chi connectivity index (χ2n) is 5.21. The molecule has 0 bridgehead atoms. The van der Waals surface area contributed by atoms with Crippen LogP contribution in [0.5, 0.6) is 11.5 Å². The Bertz CT molecular complexity index is 504. The molecule has 110 valence electrons. The highest BCUT2D eigenvalue weighted by atomic mass is 79.9. The van der Waals surface area contributed by atoms with E-state index in [1.54, 1.807) is 0 Å². The Balaban J connectivity index is 2.03. The maximum Gasteiger partial charge on any atom is 0.320 e. The molecule has 0 spiro atoms. The van der Waals surface area contributed by atoms with E-state index in [1.165, 1.54) is 0 Å². The fourth-order valence-corrected chi connectivity index (χ4v) is 2.71. The van der Waals surface area contributed by atoms with Gasteiger partial charge in [-0.2, -0.15) is 0 Å². The molecule has 0 radical (unpaired) electrons. The quantitative estimate of drug-likeness (QED) is 0.831. The van der Waals surface area contributed by atoms with Crippen LogP contribution in [0.2, 0.25) is 0 Å². The van der Waals surface area contributed by atoms with E-state index < -0.39 is 12.0 Å². The van der Waals surface area contributed by atoms with Crippen molar-refractivity contribution in [3.05, 3.63) is 22.2 Å². The first-order valence-corrected chi connectivity index (χ1v) is 7.31. The van der Waals surface area contributed by atoms with Gasteiger partial charge in [0.15, 0.2) is 11.5 Å². The van der Waals surface area contributed by atoms with E-state index in [0.717, 1.165) is 10.0 Å². The van der Waals surface area contributed by atoms with E-state index in [4.69, 9.17) is 9.47 Å². The van der Waals surface area contributed by atoms with E-state index in [2.05, 4.69) is 21.2 Å². The molecule has 2 rings (SSSR count). The number of hydrogen-bond donors (Lipinski definition) is 2. The molecule has 1 aromatic carbocycles. The minimum Gasteiger partial charge on any atom is -0.480 e. The molecule has 1 heterocycles. The molecule has 6 heteroatoms. The van der Waals surface area contributed by atoms with Crippen molar-refractivity contribution in [2.24, 2.45) is 5.92 Å². The number of carboxylic acid groups (broad SMARTS) is 1. The van der Waals surface area contributed by atoms with Crippen molar-refractivity contribution >= 4 is 21.9 Å². The molecule has 0 aromatic heterocycles. The molecule has 20 heavy (non-hydrogen) atoms. The second kappa shape index (κ2) is 6.45. The number of halogens is 1. The van der Waals surface area contributed by atoms with Crippen LogP contribution in [0.3, 0.4) is 0 Å². The van der Waals surface area contributed by atoms with Crippen LogP contribution in [0.15, 0.2) is 16.6 Å². The molecular formula is C14H18BrNO4. The topological polar surface area (TPSA) is 67.8 Å². The molecule has 0 saturated carbocycles. The Kier molecular flexibility index (Phi) is 4.88. The van der Waals surface area contributed by atoms with Crippen LogP contribution in [-0.2, 0) is 11.3 Å². The van der Waals surface area contributed by atoms with Gasteiger partial charge in [0.1, 0.15) is 6.04 Å². The SMILES string of the molecule is CC(C)C[C@H](NCc1cc(Br)c2c(c1)OCO2)C(=O)O. The molecule has 0 saturated heterocycles. The lowest BCUT2D eigenvalue weighted by Gasteiger charge is -2.16. The minimum absolute atomic E-state index is 0.218. The molecule has 2 N–H and O–H groups in total. The molecule has 0 aliphatic carbocycles. The summed E-state index contributed by atoms with van der Waals surface area (Å²) in [5.74, 6) is 0.892. The van der Waals surface area contributed by atoms with Crippen LogP contribution in [0.25, 0.3) is 0 Å². The van der Waals surface area contributed by atoms with E-state index in [9.17, 15) is 9.90 Å². The lowest BCUT2D eigenvalue weighted by molar-refractivity contribution is -0.140. The van der Waals surface area contributed by atoms with Crippen molar-refractivity contribution in [3.8, 4) is 11.5 Å². The summed E-state index contributed by atoms with van der Waals surface area (Å²) < 4.78 is 11.5. The van der Waals surface area contributed by atoms with Crippen molar-refractivity contribution < 1.29 is 19.4 Å². The maximum absolute atomic E-state index is 11.2. The van der Waals surface area contributed by atoms with Gasteiger partial charge in [0, 0.05) is 6.54 Å². The summed E-state index contributed by atoms with van der Waals surface area (Å²) in [6.45, 7) is 4.71. The molecule has 1 aliphatic heterocycles. The maximum atomic E-state index is 11.2. The number of hydrogen-bond acceptors (Lipinski definition) is 4. The highest BCUT2D eigenvalue weighted by Crippen LogP contribution is 2.39. The van der Waals surface area contributed by atoms with Crippen LogP contribution in [-0.4, -0.2) is 23.9 Å². The predicted octanol–water partition coefficient (Wildman–Crippen LogP) is 2.77. The minimum atomic E-state index is -0.821. The molecule has 1 aromatic rings. The third-order valence-corrected chi connectivity index (χ3v) is 3.63. The van der Waals surface area contributed by atoms with Crippen LogP contribution >= 0.6 is 15.9 Å². The highest BCUT2D eigenvalue weighted by molar-refractivity contribution is 9.10. The number of rotatable bonds is 6. The van der Waals surface area contributed by atoms with Crippen molar-refractivity contribution in [2.45, 2.75) is 32.9 Å². The summed E-state index contributed by atoms with van der Waals surface area (Å²) >= 11 is 3.43. The molecule has 0 unspecified atom stereocenters. The first-order valence-electron chi connectivity index (χ1n) is 6.51. The molecule has 0 amide bonds. The number of nitrogens with one attached hydrogen (secondary N) is 1. The van der Waals surface area contributed by atoms with Crippen LogP contribution < -0.4 is 14.8 Å². The van der Waals surface area contributed by atoms with Crippen LogP contribution in [0.1, 0.15) is 25.8 Å². The van der Waals surface area contributed by atoms with Crippen molar-refractivity contribution in [3.63, 3.8) is 0 Å². The number of carboxylic acids is 1. The van der Waals surface area contributed by atoms with Gasteiger partial charge >= 0.3 is 5.97 Å². The van der Waals surface area contributed by atoms with E-state index in [-0.39, 0.29) is 6.79 Å². The zero-order chi connectivity index (χ0) is 14.7. The standard InChI is InChI=1S/C14H18BrNO4/c1-8(2)3-11(14(17)18)16-6-9-4-10(15)13-12(5-9)19-7-20-13/h4-5,8,11,16H,3,6-7H2,1-2H3,(H,17,18)/t11-/m0/s1. The molecule has 1 atom stereocenters. The summed E-state index contributed by atoms with van der Waals surface area (Å²) in [5.41, 5.74) is 0.955. The monoisotopic (exact) mass is 343 g/mol. The Morgan fingerprint density at radius 2 is 2.20 bits per heavy atom. The van der Waals surface area contributed by atoms with Gasteiger partial charge in [0.25, 0.3) is 0 Å². The summed E-state index contributed by atoms with van der Waals surface area (Å²) in [6.07, 6.45) is 0.598. The predicted molar refractivity (Wildman–Crippen MR) is 78.0 cm³/mol. The van der Waals surface area contributed by atoms with Crippen molar-refractivity contribution in [1.29, 1.82) is 0 Å². The Morgan fingerprint density at radius 1 is 1.45 bits per heavy atom. The molecule has 0 fully saturated rings. The van der Waals surface area contributed by atoms with Gasteiger partial charge in [0.05, 0.1) is 4.47 Å². The third-order valence-electron chi connectivity index (χ3n) is 3.04. The average Bonchev–Trinajstić information content (AvgIpc) is 2.82. The fourth-order valence-electron chi connectivity index (χ4n) is 2.11. The number of benzene rings is 1. The van der Waals surface area contributed by atoms with Gasteiger partial charge in [-0.3, -0.25) is 4.79 Å². The smallest absolute Gasteiger partial charge is 0.320 e. The number of fused-ring (bicyclic) bond motifs is 1. The lowest BCUT2D eigenvalue weighted by atomic mass is 10.0. The van der Waals surface area contributed by atoms with Gasteiger partial charge in [-0.15, -0.1) is 0 Å². The number of aliphatic carboxylic acids is 1. The first-order chi connectivity index (χ1) is 9.47. The van der Waals surface area contributed by atoms with Crippen LogP contribution in [0.4, 0.5) is 0 Å². The summed E-state index contributed by atoms with van der Waals surface area (Å²) in [5, 5.41) is 12.3. The Morgan fingerprint density at radius 3 is 2.85 bits per heavy atom. The third kappa shape index (κ3) is 3.64. The lowest BCUT2D eigenvalue weighted by Crippen LogP contribution is -2.37. The summed E-state index contributed by atoms with van der Waals surface area (Å²) in [6, 6.07) is 3.24. The van der Waals surface area contributed by atoms with E-state index in [0.29, 0.717) is 30.4 Å². The van der Waals surface area contributed by atoms with Gasteiger partial charge < -0.3 is 19.9 Å². The van der Waals surface area contributed by atoms with Crippen LogP contribution in [0, 0.1) is 5.92 Å². The highest BCUT2D eigenvalue weighted by Gasteiger charge is 2.20. The fraction of sp³-hybridized carbons (Fsp3) is 0.500. The Labute approximate surface area is 126 Å². The zero-order valence-electron chi connectivity index (χ0n) is 11.5. The summed E-state index contributed by atoms with van der Waals surface area (Å²) in [7, 11) is 0. The Hall–Kier alpha value is -1.27. The van der Waals surface area contributed by atoms with E-state index in [1.807, 2.05) is 26.0 Å². The van der Waals surface area contributed by atoms with Crippen molar-refractivity contribution in [1.82, 2.24) is 5.32 Å². The van der Waals surface area contributed by atoms with Gasteiger partial charge in [-0.25, -0.2) is 0 Å². The largest absolute Gasteiger partial charge is 0.480 e.